The minimum absolute atomic E-state index is 0.407. The van der Waals surface area contributed by atoms with Gasteiger partial charge < -0.3 is 16.2 Å². The predicted molar refractivity (Wildman–Crippen MR) is 58.5 cm³/mol. The van der Waals surface area contributed by atoms with Crippen molar-refractivity contribution in [1.29, 1.82) is 0 Å². The van der Waals surface area contributed by atoms with Crippen molar-refractivity contribution < 1.29 is 9.53 Å². The molecule has 0 fully saturated rings. The van der Waals surface area contributed by atoms with Crippen LogP contribution in [0.25, 0.3) is 0 Å². The van der Waals surface area contributed by atoms with Gasteiger partial charge in [0.25, 0.3) is 0 Å². The minimum Gasteiger partial charge on any atom is -0.441 e. The highest BCUT2D eigenvalue weighted by molar-refractivity contribution is 6.30. The third kappa shape index (κ3) is 3.77. The summed E-state index contributed by atoms with van der Waals surface area (Å²) in [5.41, 5.74) is 11.2. The van der Waals surface area contributed by atoms with Crippen molar-refractivity contribution in [2.45, 2.75) is 12.5 Å². The average molecular weight is 229 g/mol. The summed E-state index contributed by atoms with van der Waals surface area (Å²) in [6.45, 7) is 0.407. The number of ether oxygens (including phenoxy) is 1. The Hall–Kier alpha value is -1.26. The van der Waals surface area contributed by atoms with E-state index in [1.807, 2.05) is 6.07 Å². The highest BCUT2D eigenvalue weighted by Gasteiger charge is 2.14. The molecule has 1 unspecified atom stereocenters. The number of amides is 1. The van der Waals surface area contributed by atoms with Crippen LogP contribution >= 0.6 is 11.6 Å². The number of hydrogen-bond acceptors (Lipinski definition) is 3. The maximum Gasteiger partial charge on any atom is 0.405 e. The van der Waals surface area contributed by atoms with E-state index in [1.165, 1.54) is 0 Å². The number of carbonyl (C=O) groups excluding carboxylic acids is 1. The number of nitrogens with two attached hydrogens (primary N) is 2. The van der Waals surface area contributed by atoms with Crippen molar-refractivity contribution in [2.75, 3.05) is 6.54 Å². The molecule has 1 aromatic carbocycles. The van der Waals surface area contributed by atoms with Crippen LogP contribution in [-0.2, 0) is 4.74 Å². The summed E-state index contributed by atoms with van der Waals surface area (Å²) in [6.07, 6.45) is -0.719. The number of hydrogen-bond donors (Lipinski definition) is 2. The van der Waals surface area contributed by atoms with Crippen molar-refractivity contribution in [3.8, 4) is 0 Å². The molecule has 5 heteroatoms. The molecule has 0 aromatic heterocycles. The summed E-state index contributed by atoms with van der Waals surface area (Å²) >= 11 is 5.82. The Morgan fingerprint density at radius 1 is 1.53 bits per heavy atom. The van der Waals surface area contributed by atoms with E-state index in [9.17, 15) is 4.79 Å². The van der Waals surface area contributed by atoms with Gasteiger partial charge in [-0.15, -0.1) is 0 Å². The van der Waals surface area contributed by atoms with Gasteiger partial charge in [0.15, 0.2) is 0 Å². The van der Waals surface area contributed by atoms with E-state index in [0.29, 0.717) is 18.0 Å². The van der Waals surface area contributed by atoms with Gasteiger partial charge in [-0.1, -0.05) is 23.7 Å². The van der Waals surface area contributed by atoms with Crippen LogP contribution in [0.4, 0.5) is 4.79 Å². The first-order chi connectivity index (χ1) is 7.13. The lowest BCUT2D eigenvalue weighted by Gasteiger charge is -2.16. The van der Waals surface area contributed by atoms with Gasteiger partial charge in [0.05, 0.1) is 0 Å². The Kier molecular flexibility index (Phi) is 4.39. The number of benzene rings is 1. The summed E-state index contributed by atoms with van der Waals surface area (Å²) in [6, 6.07) is 7.07. The first-order valence-corrected chi connectivity index (χ1v) is 4.93. The van der Waals surface area contributed by atoms with E-state index in [2.05, 4.69) is 0 Å². The molecule has 0 radical (unpaired) electrons. The molecule has 0 bridgehead atoms. The van der Waals surface area contributed by atoms with Crippen molar-refractivity contribution in [1.82, 2.24) is 0 Å². The summed E-state index contributed by atoms with van der Waals surface area (Å²) < 4.78 is 4.93. The quantitative estimate of drug-likeness (QED) is 0.825. The predicted octanol–water partition coefficient (Wildman–Crippen LogP) is 1.83. The first-order valence-electron chi connectivity index (χ1n) is 4.55. The van der Waals surface area contributed by atoms with Gasteiger partial charge in [-0.2, -0.15) is 0 Å². The fourth-order valence-corrected chi connectivity index (χ4v) is 1.49. The third-order valence-corrected chi connectivity index (χ3v) is 2.14. The number of primary amides is 1. The fraction of sp³-hybridized carbons (Fsp3) is 0.300. The summed E-state index contributed by atoms with van der Waals surface area (Å²) in [5.74, 6) is 0. The molecule has 4 nitrogen and oxygen atoms in total. The molecule has 0 saturated heterocycles. The molecular formula is C10H13ClN2O2. The van der Waals surface area contributed by atoms with Gasteiger partial charge >= 0.3 is 6.09 Å². The van der Waals surface area contributed by atoms with E-state index in [-0.39, 0.29) is 0 Å². The number of carbonyl (C=O) groups is 1. The zero-order valence-electron chi connectivity index (χ0n) is 8.15. The second kappa shape index (κ2) is 5.58. The van der Waals surface area contributed by atoms with Crippen LogP contribution in [0.1, 0.15) is 18.1 Å². The molecule has 1 atom stereocenters. The lowest BCUT2D eigenvalue weighted by Crippen LogP contribution is -2.19. The molecule has 82 valence electrons. The van der Waals surface area contributed by atoms with E-state index in [0.717, 1.165) is 5.56 Å². The number of halogens is 1. The van der Waals surface area contributed by atoms with Crippen molar-refractivity contribution >= 4 is 17.7 Å². The molecule has 4 N–H and O–H groups in total. The third-order valence-electron chi connectivity index (χ3n) is 1.91. The zero-order valence-corrected chi connectivity index (χ0v) is 8.91. The van der Waals surface area contributed by atoms with Gasteiger partial charge in [-0.25, -0.2) is 4.79 Å². The molecule has 0 heterocycles. The molecule has 1 aromatic rings. The van der Waals surface area contributed by atoms with Crippen molar-refractivity contribution in [3.05, 3.63) is 34.9 Å². The molecule has 0 spiro atoms. The van der Waals surface area contributed by atoms with Crippen molar-refractivity contribution in [2.24, 2.45) is 11.5 Å². The lowest BCUT2D eigenvalue weighted by molar-refractivity contribution is 0.103. The zero-order chi connectivity index (χ0) is 11.3. The van der Waals surface area contributed by atoms with Crippen LogP contribution in [-0.4, -0.2) is 12.6 Å². The van der Waals surface area contributed by atoms with E-state index < -0.39 is 12.2 Å². The molecule has 15 heavy (non-hydrogen) atoms. The van der Waals surface area contributed by atoms with Gasteiger partial charge in [-0.05, 0) is 24.2 Å². The molecule has 1 amide bonds. The van der Waals surface area contributed by atoms with Crippen LogP contribution < -0.4 is 11.5 Å². The SMILES string of the molecule is NCCC(OC(N)=O)c1cccc(Cl)c1. The molecular weight excluding hydrogens is 216 g/mol. The highest BCUT2D eigenvalue weighted by Crippen LogP contribution is 2.23. The first kappa shape index (κ1) is 11.8. The molecule has 1 rings (SSSR count). The van der Waals surface area contributed by atoms with E-state index in [4.69, 9.17) is 27.8 Å². The Morgan fingerprint density at radius 3 is 2.80 bits per heavy atom. The molecule has 0 aliphatic rings. The average Bonchev–Trinajstić information content (AvgIpc) is 2.16. The Morgan fingerprint density at radius 2 is 2.27 bits per heavy atom. The number of rotatable bonds is 4. The fourth-order valence-electron chi connectivity index (χ4n) is 1.29. The maximum absolute atomic E-state index is 10.7. The summed E-state index contributed by atoms with van der Waals surface area (Å²) in [5, 5.41) is 0.586. The summed E-state index contributed by atoms with van der Waals surface area (Å²) in [4.78, 5) is 10.7. The largest absolute Gasteiger partial charge is 0.441 e. The maximum atomic E-state index is 10.7. The van der Waals surface area contributed by atoms with Crippen molar-refractivity contribution in [3.63, 3.8) is 0 Å². The summed E-state index contributed by atoms with van der Waals surface area (Å²) in [7, 11) is 0. The van der Waals surface area contributed by atoms with Gasteiger partial charge in [0, 0.05) is 11.4 Å². The minimum atomic E-state index is -0.812. The van der Waals surface area contributed by atoms with Gasteiger partial charge in [-0.3, -0.25) is 0 Å². The highest BCUT2D eigenvalue weighted by atomic mass is 35.5. The Labute approximate surface area is 93.1 Å². The molecule has 0 aliphatic heterocycles. The van der Waals surface area contributed by atoms with Gasteiger partial charge in [0.2, 0.25) is 0 Å². The van der Waals surface area contributed by atoms with Crippen LogP contribution in [0.15, 0.2) is 24.3 Å². The lowest BCUT2D eigenvalue weighted by atomic mass is 10.1. The van der Waals surface area contributed by atoms with Gasteiger partial charge in [0.1, 0.15) is 6.10 Å². The second-order valence-electron chi connectivity index (χ2n) is 3.06. The Balaban J connectivity index is 2.83. The normalized spacial score (nSPS) is 12.1. The van der Waals surface area contributed by atoms with E-state index in [1.54, 1.807) is 18.2 Å². The standard InChI is InChI=1S/C10H13ClN2O2/c11-8-3-1-2-7(6-8)9(4-5-12)15-10(13)14/h1-3,6,9H,4-5,12H2,(H2,13,14). The van der Waals surface area contributed by atoms with Crippen LogP contribution in [0, 0.1) is 0 Å². The molecule has 0 saturated carbocycles. The Bertz CT molecular complexity index is 344. The van der Waals surface area contributed by atoms with Crippen LogP contribution in [0.5, 0.6) is 0 Å². The van der Waals surface area contributed by atoms with E-state index >= 15 is 0 Å². The monoisotopic (exact) mass is 228 g/mol. The van der Waals surface area contributed by atoms with Crippen LogP contribution in [0.2, 0.25) is 5.02 Å². The smallest absolute Gasteiger partial charge is 0.405 e. The van der Waals surface area contributed by atoms with Crippen LogP contribution in [0.3, 0.4) is 0 Å². The topological polar surface area (TPSA) is 78.3 Å². The second-order valence-corrected chi connectivity index (χ2v) is 3.49. The molecule has 0 aliphatic carbocycles.